The van der Waals surface area contributed by atoms with Crippen molar-refractivity contribution in [2.45, 2.75) is 153 Å². The van der Waals surface area contributed by atoms with Crippen molar-refractivity contribution in [3.8, 4) is 0 Å². The number of benzene rings is 3. The minimum atomic E-state index is -1.49. The molecular weight excluding hydrogens is 1100 g/mol. The molecule has 0 spiro atoms. The maximum absolute atomic E-state index is 14.8. The van der Waals surface area contributed by atoms with E-state index in [9.17, 15) is 58.2 Å². The molecule has 9 atom stereocenters. The van der Waals surface area contributed by atoms with Crippen molar-refractivity contribution < 1.29 is 58.2 Å². The van der Waals surface area contributed by atoms with E-state index >= 15 is 0 Å². The quantitative estimate of drug-likeness (QED) is 0.0221. The second-order valence-corrected chi connectivity index (χ2v) is 22.7. The lowest BCUT2D eigenvalue weighted by molar-refractivity contribution is -0.145. The van der Waals surface area contributed by atoms with Crippen LogP contribution in [0.4, 0.5) is 0 Å². The predicted octanol–water partition coefficient (Wildman–Crippen LogP) is 0.885. The first-order chi connectivity index (χ1) is 39.9. The molecule has 25 heteroatoms. The summed E-state index contributed by atoms with van der Waals surface area (Å²) in [6.45, 7) is 7.48. The van der Waals surface area contributed by atoms with Crippen molar-refractivity contribution >= 4 is 76.9 Å². The summed E-state index contributed by atoms with van der Waals surface area (Å²) < 4.78 is 0. The smallest absolute Gasteiger partial charge is 0.326 e. The first kappa shape index (κ1) is 68.4. The molecule has 4 rings (SSSR count). The van der Waals surface area contributed by atoms with Gasteiger partial charge in [0.15, 0.2) is 5.96 Å². The average molecular weight is 1190 g/mol. The topological polar surface area (TPSA) is 389 Å². The van der Waals surface area contributed by atoms with Gasteiger partial charge in [-0.2, -0.15) is 11.8 Å². The Labute approximate surface area is 494 Å². The fourth-order valence-electron chi connectivity index (χ4n) is 9.53. The number of hydrogen-bond donors (Lipinski definition) is 12. The number of rotatable bonds is 35. The van der Waals surface area contributed by atoms with E-state index in [4.69, 9.17) is 17.2 Å². The Balaban J connectivity index is 1.64. The molecule has 0 saturated carbocycles. The minimum Gasteiger partial charge on any atom is -0.481 e. The van der Waals surface area contributed by atoms with Crippen LogP contribution in [0.25, 0.3) is 0 Å². The van der Waals surface area contributed by atoms with Crippen LogP contribution in [-0.4, -0.2) is 160 Å². The van der Waals surface area contributed by atoms with Crippen LogP contribution in [0.3, 0.4) is 0 Å². The van der Waals surface area contributed by atoms with E-state index in [1.807, 2.05) is 13.8 Å². The maximum atomic E-state index is 14.8. The summed E-state index contributed by atoms with van der Waals surface area (Å²) in [6.07, 6.45) is 2.04. The summed E-state index contributed by atoms with van der Waals surface area (Å²) in [4.78, 5) is 143. The molecule has 0 unspecified atom stereocenters. The van der Waals surface area contributed by atoms with Gasteiger partial charge < -0.3 is 69.5 Å². The largest absolute Gasteiger partial charge is 0.481 e. The molecule has 84 heavy (non-hydrogen) atoms. The van der Waals surface area contributed by atoms with Gasteiger partial charge in [0, 0.05) is 32.4 Å². The van der Waals surface area contributed by atoms with Crippen molar-refractivity contribution in [2.24, 2.45) is 34.0 Å². The van der Waals surface area contributed by atoms with E-state index in [1.165, 1.54) is 16.7 Å². The first-order valence-corrected chi connectivity index (χ1v) is 29.6. The number of aliphatic carboxylic acids is 2. The molecule has 0 aromatic heterocycles. The molecule has 3 aromatic carbocycles. The summed E-state index contributed by atoms with van der Waals surface area (Å²) in [5.41, 5.74) is 19.0. The van der Waals surface area contributed by atoms with Crippen molar-refractivity contribution in [1.29, 1.82) is 0 Å². The van der Waals surface area contributed by atoms with Crippen molar-refractivity contribution in [3.05, 3.63) is 108 Å². The van der Waals surface area contributed by atoms with Gasteiger partial charge in [-0.15, -0.1) is 0 Å². The van der Waals surface area contributed by atoms with Gasteiger partial charge in [0.2, 0.25) is 47.3 Å². The number of carboxylic acids is 2. The van der Waals surface area contributed by atoms with Crippen molar-refractivity contribution in [2.75, 3.05) is 25.1 Å². The molecular formula is C59H84N12O12S. The Morgan fingerprint density at radius 2 is 0.988 bits per heavy atom. The van der Waals surface area contributed by atoms with E-state index in [0.29, 0.717) is 28.9 Å². The molecule has 8 amide bonds. The van der Waals surface area contributed by atoms with Gasteiger partial charge in [-0.05, 0) is 85.5 Å². The number of guanidine groups is 1. The van der Waals surface area contributed by atoms with Gasteiger partial charge in [-0.3, -0.25) is 48.1 Å². The number of aliphatic imine (C=N–C) groups is 1. The van der Waals surface area contributed by atoms with E-state index < -0.39 is 120 Å². The van der Waals surface area contributed by atoms with E-state index in [2.05, 4.69) is 42.2 Å². The summed E-state index contributed by atoms with van der Waals surface area (Å²) in [5, 5.41) is 38.2. The Bertz CT molecular complexity index is 2700. The second kappa shape index (κ2) is 35.2. The van der Waals surface area contributed by atoms with Crippen LogP contribution in [0.1, 0.15) is 95.8 Å². The number of amides is 8. The Kier molecular flexibility index (Phi) is 28.7. The molecule has 1 fully saturated rings. The highest BCUT2D eigenvalue weighted by Gasteiger charge is 2.40. The third kappa shape index (κ3) is 23.7. The second-order valence-electron chi connectivity index (χ2n) is 21.7. The van der Waals surface area contributed by atoms with E-state index in [1.54, 1.807) is 111 Å². The highest BCUT2D eigenvalue weighted by atomic mass is 32.2. The van der Waals surface area contributed by atoms with Crippen LogP contribution < -0.4 is 54.4 Å². The van der Waals surface area contributed by atoms with E-state index in [0.717, 1.165) is 0 Å². The van der Waals surface area contributed by atoms with Crippen LogP contribution in [0.5, 0.6) is 0 Å². The van der Waals surface area contributed by atoms with E-state index in [-0.39, 0.29) is 88.7 Å². The lowest BCUT2D eigenvalue weighted by Gasteiger charge is -2.31. The standard InChI is InChI=1S/C59H84N12O12S/c1-35(2)29-43(67-54(78)44(31-37-17-9-6-10-18-37)66-50(74)40(60)34-49(72)73)53(77)64-41(23-15-26-63-59(61)62)51(75)65-42(25-28-84-5)52(76)68-45(32-38-19-11-7-12-20-38)55(79)69-46(33-39-21-13-8-14-22-39)57(81)71-27-16-24-48(71)56(80)70-47(58(82)83)30-36(3)4/h6-14,17-22,35-36,40-48H,15-16,23-34,60H2,1-5H3,(H,64,77)(H,65,75)(H,66,74)(H,67,78)(H,68,76)(H,69,79)(H,70,80)(H,72,73)(H,82,83)(H4,61,62,63)/t40-,41-,42-,43-,44-,45-,46-,47-,48-/m0/s1. The SMILES string of the molecule is CSCC[C@H](NC(=O)[C@H](CCCN=C(N)N)NC(=O)[C@H](CC(C)C)NC(=O)[C@H](Cc1ccccc1)NC(=O)[C@@H](N)CC(=O)O)C(=O)N[C@@H](Cc1ccccc1)C(=O)N[C@@H](Cc1ccccc1)C(=O)N1CCC[C@H]1C(=O)N[C@@H](CC(C)C)C(=O)O. The fourth-order valence-corrected chi connectivity index (χ4v) is 10.0. The number of nitrogens with zero attached hydrogens (tertiary/aromatic N) is 2. The molecule has 1 heterocycles. The normalized spacial score (nSPS) is 15.8. The number of hydrogen-bond acceptors (Lipinski definition) is 13. The zero-order valence-corrected chi connectivity index (χ0v) is 49.2. The van der Waals surface area contributed by atoms with Gasteiger partial charge in [0.25, 0.3) is 0 Å². The molecule has 1 aliphatic rings. The number of nitrogens with two attached hydrogens (primary N) is 3. The van der Waals surface area contributed by atoms with Gasteiger partial charge in [-0.1, -0.05) is 119 Å². The number of carbonyl (C=O) groups is 10. The highest BCUT2D eigenvalue weighted by Crippen LogP contribution is 2.21. The zero-order chi connectivity index (χ0) is 61.9. The van der Waals surface area contributed by atoms with Gasteiger partial charge in [-0.25, -0.2) is 4.79 Å². The summed E-state index contributed by atoms with van der Waals surface area (Å²) in [5.74, 6) is -8.67. The lowest BCUT2D eigenvalue weighted by Crippen LogP contribution is -2.61. The third-order valence-corrected chi connectivity index (χ3v) is 14.4. The number of carboxylic acid groups (broad SMARTS) is 2. The number of carbonyl (C=O) groups excluding carboxylic acids is 8. The maximum Gasteiger partial charge on any atom is 0.326 e. The van der Waals surface area contributed by atoms with Crippen LogP contribution >= 0.6 is 11.8 Å². The molecule has 458 valence electrons. The molecule has 0 aliphatic carbocycles. The first-order valence-electron chi connectivity index (χ1n) is 28.2. The van der Waals surface area contributed by atoms with Crippen LogP contribution in [0.2, 0.25) is 0 Å². The third-order valence-electron chi connectivity index (χ3n) is 13.8. The number of likely N-dealkylation sites (tertiary alicyclic amines) is 1. The monoisotopic (exact) mass is 1180 g/mol. The number of nitrogens with one attached hydrogen (secondary N) is 7. The predicted molar refractivity (Wildman–Crippen MR) is 318 cm³/mol. The van der Waals surface area contributed by atoms with Crippen molar-refractivity contribution in [3.63, 3.8) is 0 Å². The van der Waals surface area contributed by atoms with Crippen LogP contribution in [0, 0.1) is 11.8 Å². The Morgan fingerprint density at radius 3 is 1.45 bits per heavy atom. The highest BCUT2D eigenvalue weighted by molar-refractivity contribution is 7.98. The van der Waals surface area contributed by atoms with Crippen LogP contribution in [0.15, 0.2) is 96.0 Å². The number of thioether (sulfide) groups is 1. The summed E-state index contributed by atoms with van der Waals surface area (Å²) in [6, 6.07) is 14.8. The molecule has 15 N–H and O–H groups in total. The fraction of sp³-hybridized carbons (Fsp3) is 0.508. The molecule has 3 aromatic rings. The lowest BCUT2D eigenvalue weighted by atomic mass is 10.00. The Hall–Kier alpha value is -8.06. The van der Waals surface area contributed by atoms with Gasteiger partial charge >= 0.3 is 11.9 Å². The zero-order valence-electron chi connectivity index (χ0n) is 48.4. The Morgan fingerprint density at radius 1 is 0.571 bits per heavy atom. The average Bonchev–Trinajstić information content (AvgIpc) is 3.44. The minimum absolute atomic E-state index is 0.00804. The summed E-state index contributed by atoms with van der Waals surface area (Å²) >= 11 is 1.38. The van der Waals surface area contributed by atoms with Crippen molar-refractivity contribution in [1.82, 2.24) is 42.1 Å². The van der Waals surface area contributed by atoms with Gasteiger partial charge in [0.05, 0.1) is 12.5 Å². The molecule has 0 bridgehead atoms. The van der Waals surface area contributed by atoms with Crippen LogP contribution in [-0.2, 0) is 67.2 Å². The molecule has 0 radical (unpaired) electrons. The molecule has 1 saturated heterocycles. The molecule has 1 aliphatic heterocycles. The van der Waals surface area contributed by atoms with Gasteiger partial charge in [0.1, 0.15) is 48.3 Å². The molecule has 24 nitrogen and oxygen atoms in total. The summed E-state index contributed by atoms with van der Waals surface area (Å²) in [7, 11) is 0.